The monoisotopic (exact) mass is 240 g/mol. The second-order valence-electron chi connectivity index (χ2n) is 6.67. The van der Waals surface area contributed by atoms with Crippen molar-refractivity contribution in [2.24, 2.45) is 11.3 Å². The van der Waals surface area contributed by atoms with E-state index >= 15 is 0 Å². The van der Waals surface area contributed by atoms with Crippen LogP contribution in [0.5, 0.6) is 0 Å². The number of nitrogens with one attached hydrogen (secondary N) is 2. The molecule has 0 aliphatic carbocycles. The summed E-state index contributed by atoms with van der Waals surface area (Å²) in [5.41, 5.74) is 0.314. The van der Waals surface area contributed by atoms with E-state index in [1.54, 1.807) is 0 Å². The molecule has 0 radical (unpaired) electrons. The lowest BCUT2D eigenvalue weighted by Gasteiger charge is -2.26. The minimum Gasteiger partial charge on any atom is -0.353 e. The molecular formula is C14H28N2O. The summed E-state index contributed by atoms with van der Waals surface area (Å²) in [7, 11) is 0. The Labute approximate surface area is 106 Å². The first-order valence-electron chi connectivity index (χ1n) is 6.87. The molecule has 100 valence electrons. The molecule has 0 aromatic rings. The predicted molar refractivity (Wildman–Crippen MR) is 71.9 cm³/mol. The molecular weight excluding hydrogens is 212 g/mol. The Balaban J connectivity index is 2.23. The van der Waals surface area contributed by atoms with E-state index in [4.69, 9.17) is 0 Å². The van der Waals surface area contributed by atoms with Crippen molar-refractivity contribution in [1.82, 2.24) is 10.6 Å². The van der Waals surface area contributed by atoms with Crippen molar-refractivity contribution in [3.05, 3.63) is 0 Å². The van der Waals surface area contributed by atoms with Crippen molar-refractivity contribution in [3.63, 3.8) is 0 Å². The molecule has 0 aromatic heterocycles. The molecule has 2 N–H and O–H groups in total. The SMILES string of the molecule is CC(CC(=O)NC1CCNCC1)CC(C)(C)C. The zero-order valence-corrected chi connectivity index (χ0v) is 11.8. The van der Waals surface area contributed by atoms with Gasteiger partial charge in [-0.3, -0.25) is 4.79 Å². The van der Waals surface area contributed by atoms with Gasteiger partial charge in [-0.05, 0) is 43.7 Å². The van der Waals surface area contributed by atoms with E-state index in [0.717, 1.165) is 32.4 Å². The lowest BCUT2D eigenvalue weighted by atomic mass is 9.84. The standard InChI is InChI=1S/C14H28N2O/c1-11(10-14(2,3)4)9-13(17)16-12-5-7-15-8-6-12/h11-12,15H,5-10H2,1-4H3,(H,16,17). The fourth-order valence-electron chi connectivity index (χ4n) is 2.69. The van der Waals surface area contributed by atoms with Gasteiger partial charge in [0.2, 0.25) is 5.91 Å². The van der Waals surface area contributed by atoms with Crippen molar-refractivity contribution in [1.29, 1.82) is 0 Å². The van der Waals surface area contributed by atoms with Gasteiger partial charge in [-0.1, -0.05) is 27.7 Å². The largest absolute Gasteiger partial charge is 0.353 e. The van der Waals surface area contributed by atoms with Gasteiger partial charge in [0.05, 0.1) is 0 Å². The number of amides is 1. The normalized spacial score (nSPS) is 20.0. The molecule has 1 aliphatic rings. The number of rotatable bonds is 4. The molecule has 1 heterocycles. The van der Waals surface area contributed by atoms with Crippen LogP contribution >= 0.6 is 0 Å². The summed E-state index contributed by atoms with van der Waals surface area (Å²) >= 11 is 0. The molecule has 1 aliphatic heterocycles. The molecule has 0 aromatic carbocycles. The number of carbonyl (C=O) groups excluding carboxylic acids is 1. The zero-order chi connectivity index (χ0) is 12.9. The van der Waals surface area contributed by atoms with E-state index in [1.165, 1.54) is 0 Å². The first kappa shape index (κ1) is 14.5. The molecule has 0 spiro atoms. The summed E-state index contributed by atoms with van der Waals surface area (Å²) in [6.45, 7) is 10.9. The second-order valence-corrected chi connectivity index (χ2v) is 6.67. The molecule has 1 atom stereocenters. The molecule has 1 rings (SSSR count). The average molecular weight is 240 g/mol. The molecule has 1 unspecified atom stereocenters. The number of hydrogen-bond acceptors (Lipinski definition) is 2. The third kappa shape index (κ3) is 6.67. The van der Waals surface area contributed by atoms with Crippen molar-refractivity contribution in [2.75, 3.05) is 13.1 Å². The van der Waals surface area contributed by atoms with Crippen LogP contribution in [0.25, 0.3) is 0 Å². The van der Waals surface area contributed by atoms with Gasteiger partial charge in [0.15, 0.2) is 0 Å². The first-order chi connectivity index (χ1) is 7.87. The van der Waals surface area contributed by atoms with E-state index in [1.807, 2.05) is 0 Å². The third-order valence-electron chi connectivity index (χ3n) is 3.20. The van der Waals surface area contributed by atoms with Crippen LogP contribution in [0.3, 0.4) is 0 Å². The Morgan fingerprint density at radius 2 is 1.94 bits per heavy atom. The van der Waals surface area contributed by atoms with Crippen LogP contribution in [-0.2, 0) is 4.79 Å². The maximum atomic E-state index is 11.9. The highest BCUT2D eigenvalue weighted by molar-refractivity contribution is 5.76. The minimum atomic E-state index is 0.230. The Hall–Kier alpha value is -0.570. The van der Waals surface area contributed by atoms with E-state index in [9.17, 15) is 4.79 Å². The van der Waals surface area contributed by atoms with Gasteiger partial charge in [0.1, 0.15) is 0 Å². The summed E-state index contributed by atoms with van der Waals surface area (Å²) in [6, 6.07) is 0.394. The van der Waals surface area contributed by atoms with Crippen molar-refractivity contribution >= 4 is 5.91 Å². The van der Waals surface area contributed by atoms with Crippen LogP contribution in [0.4, 0.5) is 0 Å². The molecule has 3 heteroatoms. The van der Waals surface area contributed by atoms with Crippen LogP contribution in [0, 0.1) is 11.3 Å². The molecule has 1 amide bonds. The Morgan fingerprint density at radius 3 is 2.47 bits per heavy atom. The highest BCUT2D eigenvalue weighted by atomic mass is 16.1. The lowest BCUT2D eigenvalue weighted by Crippen LogP contribution is -2.43. The highest BCUT2D eigenvalue weighted by Gasteiger charge is 2.20. The van der Waals surface area contributed by atoms with Crippen LogP contribution in [-0.4, -0.2) is 25.0 Å². The van der Waals surface area contributed by atoms with Crippen LogP contribution in [0.2, 0.25) is 0 Å². The molecule has 0 bridgehead atoms. The summed E-state index contributed by atoms with van der Waals surface area (Å²) in [6.07, 6.45) is 3.91. The zero-order valence-electron chi connectivity index (χ0n) is 11.8. The molecule has 0 saturated carbocycles. The van der Waals surface area contributed by atoms with E-state index in [0.29, 0.717) is 23.8 Å². The van der Waals surface area contributed by atoms with Crippen molar-refractivity contribution < 1.29 is 4.79 Å². The van der Waals surface area contributed by atoms with Crippen molar-refractivity contribution in [2.45, 2.75) is 59.4 Å². The number of hydrogen-bond donors (Lipinski definition) is 2. The topological polar surface area (TPSA) is 41.1 Å². The Kier molecular flexibility index (Phi) is 5.44. The maximum Gasteiger partial charge on any atom is 0.220 e. The van der Waals surface area contributed by atoms with E-state index in [2.05, 4.69) is 38.3 Å². The summed E-state index contributed by atoms with van der Waals surface area (Å²) in [5, 5.41) is 6.47. The highest BCUT2D eigenvalue weighted by Crippen LogP contribution is 2.25. The summed E-state index contributed by atoms with van der Waals surface area (Å²) < 4.78 is 0. The van der Waals surface area contributed by atoms with Gasteiger partial charge in [-0.15, -0.1) is 0 Å². The predicted octanol–water partition coefficient (Wildman–Crippen LogP) is 2.32. The quantitative estimate of drug-likeness (QED) is 0.792. The van der Waals surface area contributed by atoms with E-state index < -0.39 is 0 Å². The summed E-state index contributed by atoms with van der Waals surface area (Å²) in [5.74, 6) is 0.699. The van der Waals surface area contributed by atoms with Crippen LogP contribution in [0.1, 0.15) is 53.4 Å². The summed E-state index contributed by atoms with van der Waals surface area (Å²) in [4.78, 5) is 11.9. The maximum absolute atomic E-state index is 11.9. The van der Waals surface area contributed by atoms with Gasteiger partial charge in [-0.25, -0.2) is 0 Å². The van der Waals surface area contributed by atoms with E-state index in [-0.39, 0.29) is 5.91 Å². The van der Waals surface area contributed by atoms with Crippen LogP contribution in [0.15, 0.2) is 0 Å². The van der Waals surface area contributed by atoms with Crippen LogP contribution < -0.4 is 10.6 Å². The third-order valence-corrected chi connectivity index (χ3v) is 3.20. The fraction of sp³-hybridized carbons (Fsp3) is 0.929. The van der Waals surface area contributed by atoms with Gasteiger partial charge < -0.3 is 10.6 Å². The number of piperidine rings is 1. The fourth-order valence-corrected chi connectivity index (χ4v) is 2.69. The molecule has 1 saturated heterocycles. The molecule has 17 heavy (non-hydrogen) atoms. The second kappa shape index (κ2) is 6.39. The first-order valence-corrected chi connectivity index (χ1v) is 6.87. The Bertz CT molecular complexity index is 239. The van der Waals surface area contributed by atoms with Gasteiger partial charge in [0, 0.05) is 12.5 Å². The molecule has 3 nitrogen and oxygen atoms in total. The average Bonchev–Trinajstić information content (AvgIpc) is 2.15. The van der Waals surface area contributed by atoms with Gasteiger partial charge in [-0.2, -0.15) is 0 Å². The van der Waals surface area contributed by atoms with Gasteiger partial charge >= 0.3 is 0 Å². The smallest absolute Gasteiger partial charge is 0.220 e. The van der Waals surface area contributed by atoms with Gasteiger partial charge in [0.25, 0.3) is 0 Å². The number of carbonyl (C=O) groups is 1. The molecule has 1 fully saturated rings. The lowest BCUT2D eigenvalue weighted by molar-refractivity contribution is -0.122. The minimum absolute atomic E-state index is 0.230. The Morgan fingerprint density at radius 1 is 1.35 bits per heavy atom. The van der Waals surface area contributed by atoms with Crippen molar-refractivity contribution in [3.8, 4) is 0 Å².